The number of nitrogens with zero attached hydrogens (tertiary/aromatic N) is 1. The standard InChI is InChI=1S/C14H13ClN2OS/c1-8-7-19-13(11(8)15)14(18)17-6-5-9-3-2-4-10(16)12(9)17/h2-4,7H,5-6,16H2,1H3. The second-order valence-corrected chi connectivity index (χ2v) is 5.88. The monoisotopic (exact) mass is 292 g/mol. The summed E-state index contributed by atoms with van der Waals surface area (Å²) in [6, 6.07) is 5.76. The molecule has 0 aliphatic carbocycles. The van der Waals surface area contributed by atoms with Crippen LogP contribution in [0.15, 0.2) is 23.6 Å². The Morgan fingerprint density at radius 1 is 1.47 bits per heavy atom. The van der Waals surface area contributed by atoms with E-state index < -0.39 is 0 Å². The lowest BCUT2D eigenvalue weighted by atomic mass is 10.1. The number of hydrogen-bond donors (Lipinski definition) is 1. The summed E-state index contributed by atoms with van der Waals surface area (Å²) >= 11 is 7.57. The molecule has 1 aliphatic rings. The molecular weight excluding hydrogens is 280 g/mol. The second-order valence-electron chi connectivity index (χ2n) is 4.62. The molecular formula is C14H13ClN2OS. The Balaban J connectivity index is 2.03. The van der Waals surface area contributed by atoms with E-state index in [4.69, 9.17) is 17.3 Å². The number of aryl methyl sites for hydroxylation is 1. The van der Waals surface area contributed by atoms with Crippen LogP contribution in [0.2, 0.25) is 5.02 Å². The molecule has 1 aromatic carbocycles. The number of carbonyl (C=O) groups is 1. The van der Waals surface area contributed by atoms with Gasteiger partial charge in [0.2, 0.25) is 0 Å². The first-order chi connectivity index (χ1) is 9.09. The number of fused-ring (bicyclic) bond motifs is 1. The number of hydrogen-bond acceptors (Lipinski definition) is 3. The minimum atomic E-state index is -0.0558. The van der Waals surface area contributed by atoms with Crippen molar-refractivity contribution in [3.8, 4) is 0 Å². The maximum atomic E-state index is 12.6. The first kappa shape index (κ1) is 12.5. The third kappa shape index (κ3) is 1.91. The third-order valence-electron chi connectivity index (χ3n) is 3.36. The Morgan fingerprint density at radius 3 is 2.95 bits per heavy atom. The molecule has 98 valence electrons. The summed E-state index contributed by atoms with van der Waals surface area (Å²) in [7, 11) is 0. The molecule has 0 spiro atoms. The summed E-state index contributed by atoms with van der Waals surface area (Å²) in [6.45, 7) is 2.57. The molecule has 0 saturated heterocycles. The lowest BCUT2D eigenvalue weighted by Gasteiger charge is -2.18. The molecule has 1 amide bonds. The van der Waals surface area contributed by atoms with Crippen LogP contribution in [0.5, 0.6) is 0 Å². The molecule has 0 bridgehead atoms. The summed E-state index contributed by atoms with van der Waals surface area (Å²) in [5.41, 5.74) is 9.55. The van der Waals surface area contributed by atoms with Gasteiger partial charge >= 0.3 is 0 Å². The van der Waals surface area contributed by atoms with Gasteiger partial charge in [-0.3, -0.25) is 4.79 Å². The first-order valence-electron chi connectivity index (χ1n) is 6.02. The zero-order valence-electron chi connectivity index (χ0n) is 10.4. The number of para-hydroxylation sites is 1. The van der Waals surface area contributed by atoms with Crippen molar-refractivity contribution in [2.75, 3.05) is 17.2 Å². The van der Waals surface area contributed by atoms with Crippen LogP contribution in [0, 0.1) is 6.92 Å². The van der Waals surface area contributed by atoms with Crippen LogP contribution < -0.4 is 10.6 Å². The van der Waals surface area contributed by atoms with Crippen LogP contribution in [0.4, 0.5) is 11.4 Å². The summed E-state index contributed by atoms with van der Waals surface area (Å²) in [6.07, 6.45) is 0.841. The van der Waals surface area contributed by atoms with E-state index in [0.29, 0.717) is 22.1 Å². The molecule has 5 heteroatoms. The summed E-state index contributed by atoms with van der Waals surface area (Å²) < 4.78 is 0. The van der Waals surface area contributed by atoms with Gasteiger partial charge in [0.15, 0.2) is 0 Å². The predicted octanol–water partition coefficient (Wildman–Crippen LogP) is 3.50. The van der Waals surface area contributed by atoms with Crippen LogP contribution in [0.3, 0.4) is 0 Å². The molecule has 2 N–H and O–H groups in total. The molecule has 2 heterocycles. The van der Waals surface area contributed by atoms with E-state index in [9.17, 15) is 4.79 Å². The van der Waals surface area contributed by atoms with Crippen LogP contribution in [-0.2, 0) is 6.42 Å². The van der Waals surface area contributed by atoms with Crippen molar-refractivity contribution in [3.63, 3.8) is 0 Å². The van der Waals surface area contributed by atoms with Gasteiger partial charge < -0.3 is 10.6 Å². The normalized spacial score (nSPS) is 13.7. The van der Waals surface area contributed by atoms with Crippen molar-refractivity contribution < 1.29 is 4.79 Å². The Morgan fingerprint density at radius 2 is 2.26 bits per heavy atom. The molecule has 2 aromatic rings. The van der Waals surface area contributed by atoms with Gasteiger partial charge in [0.25, 0.3) is 5.91 Å². The fourth-order valence-electron chi connectivity index (χ4n) is 2.39. The van der Waals surface area contributed by atoms with Gasteiger partial charge in [-0.1, -0.05) is 23.7 Å². The van der Waals surface area contributed by atoms with Crippen molar-refractivity contribution >= 4 is 40.2 Å². The van der Waals surface area contributed by atoms with Crippen molar-refractivity contribution in [3.05, 3.63) is 44.6 Å². The van der Waals surface area contributed by atoms with Crippen LogP contribution in [0.25, 0.3) is 0 Å². The Kier molecular flexibility index (Phi) is 2.99. The SMILES string of the molecule is Cc1csc(C(=O)N2CCc3cccc(N)c32)c1Cl. The fourth-order valence-corrected chi connectivity index (χ4v) is 3.61. The van der Waals surface area contributed by atoms with Crippen molar-refractivity contribution in [2.45, 2.75) is 13.3 Å². The van der Waals surface area contributed by atoms with Gasteiger partial charge in [0.1, 0.15) is 4.88 Å². The molecule has 3 nitrogen and oxygen atoms in total. The number of benzene rings is 1. The molecule has 1 aromatic heterocycles. The van der Waals surface area contributed by atoms with Gasteiger partial charge in [-0.05, 0) is 35.9 Å². The maximum Gasteiger partial charge on any atom is 0.269 e. The van der Waals surface area contributed by atoms with E-state index >= 15 is 0 Å². The number of thiophene rings is 1. The Bertz CT molecular complexity index is 665. The third-order valence-corrected chi connectivity index (χ3v) is 5.05. The largest absolute Gasteiger partial charge is 0.397 e. The van der Waals surface area contributed by atoms with E-state index in [1.54, 1.807) is 4.90 Å². The molecule has 0 atom stereocenters. The van der Waals surface area contributed by atoms with Crippen LogP contribution in [-0.4, -0.2) is 12.5 Å². The van der Waals surface area contributed by atoms with Gasteiger partial charge in [-0.2, -0.15) is 0 Å². The molecule has 1 aliphatic heterocycles. The molecule has 0 unspecified atom stereocenters. The van der Waals surface area contributed by atoms with Crippen molar-refractivity contribution in [1.29, 1.82) is 0 Å². The summed E-state index contributed by atoms with van der Waals surface area (Å²) in [5, 5.41) is 2.46. The highest BCUT2D eigenvalue weighted by Crippen LogP contribution is 2.37. The van der Waals surface area contributed by atoms with Crippen molar-refractivity contribution in [1.82, 2.24) is 0 Å². The number of nitrogen functional groups attached to an aromatic ring is 1. The fraction of sp³-hybridized carbons (Fsp3) is 0.214. The average molecular weight is 293 g/mol. The van der Waals surface area contributed by atoms with E-state index in [1.165, 1.54) is 11.3 Å². The van der Waals surface area contributed by atoms with E-state index in [0.717, 1.165) is 23.2 Å². The number of rotatable bonds is 1. The highest BCUT2D eigenvalue weighted by Gasteiger charge is 2.29. The zero-order chi connectivity index (χ0) is 13.6. The minimum Gasteiger partial charge on any atom is -0.397 e. The lowest BCUT2D eigenvalue weighted by Crippen LogP contribution is -2.29. The lowest BCUT2D eigenvalue weighted by molar-refractivity contribution is 0.0993. The average Bonchev–Trinajstić information content (AvgIpc) is 2.95. The highest BCUT2D eigenvalue weighted by atomic mass is 35.5. The molecule has 0 radical (unpaired) electrons. The van der Waals surface area contributed by atoms with E-state index in [-0.39, 0.29) is 5.91 Å². The van der Waals surface area contributed by atoms with Gasteiger partial charge in [0, 0.05) is 6.54 Å². The Labute approximate surface area is 120 Å². The summed E-state index contributed by atoms with van der Waals surface area (Å²) in [5.74, 6) is -0.0558. The molecule has 19 heavy (non-hydrogen) atoms. The van der Waals surface area contributed by atoms with E-state index in [2.05, 4.69) is 0 Å². The number of nitrogens with two attached hydrogens (primary N) is 1. The molecule has 0 saturated carbocycles. The summed E-state index contributed by atoms with van der Waals surface area (Å²) in [4.78, 5) is 14.9. The van der Waals surface area contributed by atoms with Gasteiger partial charge in [-0.15, -0.1) is 11.3 Å². The van der Waals surface area contributed by atoms with Crippen LogP contribution >= 0.6 is 22.9 Å². The number of amides is 1. The molecule has 0 fully saturated rings. The number of halogens is 1. The first-order valence-corrected chi connectivity index (χ1v) is 7.28. The van der Waals surface area contributed by atoms with Crippen LogP contribution in [0.1, 0.15) is 20.8 Å². The zero-order valence-corrected chi connectivity index (χ0v) is 12.0. The second kappa shape index (κ2) is 4.54. The van der Waals surface area contributed by atoms with Crippen molar-refractivity contribution in [2.24, 2.45) is 0 Å². The van der Waals surface area contributed by atoms with Gasteiger partial charge in [-0.25, -0.2) is 0 Å². The highest BCUT2D eigenvalue weighted by molar-refractivity contribution is 7.13. The quantitative estimate of drug-likeness (QED) is 0.818. The number of anilines is 2. The smallest absolute Gasteiger partial charge is 0.269 e. The van der Waals surface area contributed by atoms with Gasteiger partial charge in [0.05, 0.1) is 16.4 Å². The number of carbonyl (C=O) groups excluding carboxylic acids is 1. The molecule has 3 rings (SSSR count). The topological polar surface area (TPSA) is 46.3 Å². The maximum absolute atomic E-state index is 12.6. The minimum absolute atomic E-state index is 0.0558. The Hall–Kier alpha value is -1.52. The van der Waals surface area contributed by atoms with E-state index in [1.807, 2.05) is 30.5 Å². The predicted molar refractivity (Wildman–Crippen MR) is 80.3 cm³/mol.